The molecular weight excluding hydrogens is 344 g/mol. The fourth-order valence-electron chi connectivity index (χ4n) is 3.45. The van der Waals surface area contributed by atoms with Crippen LogP contribution in [-0.2, 0) is 4.74 Å². The zero-order valence-electron chi connectivity index (χ0n) is 15.9. The van der Waals surface area contributed by atoms with Crippen LogP contribution in [0.15, 0.2) is 35.0 Å². The summed E-state index contributed by atoms with van der Waals surface area (Å²) in [7, 11) is 0. The van der Waals surface area contributed by atoms with E-state index in [1.54, 1.807) is 6.33 Å². The van der Waals surface area contributed by atoms with Gasteiger partial charge in [-0.15, -0.1) is 0 Å². The average Bonchev–Trinajstić information content (AvgIpc) is 2.99. The minimum atomic E-state index is -0.487. The van der Waals surface area contributed by atoms with Crippen molar-refractivity contribution in [2.45, 2.75) is 45.3 Å². The van der Waals surface area contributed by atoms with Crippen LogP contribution in [0.2, 0.25) is 0 Å². The maximum atomic E-state index is 12.0. The van der Waals surface area contributed by atoms with Gasteiger partial charge < -0.3 is 19.4 Å². The van der Waals surface area contributed by atoms with Crippen molar-refractivity contribution in [1.82, 2.24) is 15.3 Å². The van der Waals surface area contributed by atoms with E-state index in [1.807, 2.05) is 45.0 Å². The Kier molecular flexibility index (Phi) is 4.37. The molecule has 1 fully saturated rings. The maximum Gasteiger partial charge on any atom is 0.407 e. The molecule has 3 aromatic rings. The molecule has 0 aliphatic carbocycles. The number of para-hydroxylation sites is 1. The molecule has 3 heterocycles. The summed E-state index contributed by atoms with van der Waals surface area (Å²) in [6, 6.07) is 7.98. The summed E-state index contributed by atoms with van der Waals surface area (Å²) in [4.78, 5) is 23.0. The van der Waals surface area contributed by atoms with Crippen LogP contribution in [0, 0.1) is 0 Å². The van der Waals surface area contributed by atoms with Crippen LogP contribution in [0.25, 0.3) is 22.1 Å². The Morgan fingerprint density at radius 1 is 1.22 bits per heavy atom. The van der Waals surface area contributed by atoms with Crippen LogP contribution in [0.4, 0.5) is 10.6 Å². The van der Waals surface area contributed by atoms with Gasteiger partial charge in [0.2, 0.25) is 0 Å². The fraction of sp³-hybridized carbons (Fsp3) is 0.450. The number of piperidine rings is 1. The number of nitrogens with one attached hydrogen (secondary N) is 1. The second-order valence-corrected chi connectivity index (χ2v) is 7.88. The molecule has 1 N–H and O–H groups in total. The first kappa shape index (κ1) is 17.6. The van der Waals surface area contributed by atoms with Gasteiger partial charge in [0.1, 0.15) is 23.0 Å². The predicted molar refractivity (Wildman–Crippen MR) is 104 cm³/mol. The largest absolute Gasteiger partial charge is 0.450 e. The van der Waals surface area contributed by atoms with Crippen molar-refractivity contribution in [3.63, 3.8) is 0 Å². The van der Waals surface area contributed by atoms with Crippen molar-refractivity contribution in [3.05, 3.63) is 30.6 Å². The molecule has 1 saturated heterocycles. The highest BCUT2D eigenvalue weighted by molar-refractivity contribution is 6.05. The molecule has 0 unspecified atom stereocenters. The summed E-state index contributed by atoms with van der Waals surface area (Å²) in [6.45, 7) is 7.15. The molecule has 1 aliphatic rings. The quantitative estimate of drug-likeness (QED) is 0.740. The lowest BCUT2D eigenvalue weighted by Crippen LogP contribution is -2.46. The first-order chi connectivity index (χ1) is 12.9. The minimum absolute atomic E-state index is 0.101. The highest BCUT2D eigenvalue weighted by Gasteiger charge is 2.26. The van der Waals surface area contributed by atoms with Gasteiger partial charge in [-0.05, 0) is 45.7 Å². The molecule has 142 valence electrons. The molecule has 0 bridgehead atoms. The number of amides is 1. The van der Waals surface area contributed by atoms with Crippen molar-refractivity contribution in [2.75, 3.05) is 18.0 Å². The zero-order chi connectivity index (χ0) is 19.0. The van der Waals surface area contributed by atoms with Crippen molar-refractivity contribution in [3.8, 4) is 0 Å². The number of benzene rings is 1. The number of aromatic nitrogens is 2. The number of ether oxygens (including phenoxy) is 1. The third-order valence-corrected chi connectivity index (χ3v) is 4.65. The Morgan fingerprint density at radius 2 is 1.96 bits per heavy atom. The molecule has 7 heteroatoms. The molecule has 7 nitrogen and oxygen atoms in total. The monoisotopic (exact) mass is 368 g/mol. The minimum Gasteiger partial charge on any atom is -0.450 e. The number of fused-ring (bicyclic) bond motifs is 3. The molecule has 0 spiro atoms. The van der Waals surface area contributed by atoms with E-state index in [-0.39, 0.29) is 12.1 Å². The Hall–Kier alpha value is -2.83. The van der Waals surface area contributed by atoms with E-state index >= 15 is 0 Å². The smallest absolute Gasteiger partial charge is 0.407 e. The van der Waals surface area contributed by atoms with Gasteiger partial charge in [0, 0.05) is 24.5 Å². The average molecular weight is 368 g/mol. The lowest BCUT2D eigenvalue weighted by Gasteiger charge is -2.33. The summed E-state index contributed by atoms with van der Waals surface area (Å²) in [5.41, 5.74) is 1.89. The van der Waals surface area contributed by atoms with Crippen LogP contribution < -0.4 is 10.2 Å². The number of hydrogen-bond donors (Lipinski definition) is 1. The van der Waals surface area contributed by atoms with Crippen LogP contribution in [0.3, 0.4) is 0 Å². The first-order valence-corrected chi connectivity index (χ1v) is 9.27. The number of carbonyl (C=O) groups is 1. The fourth-order valence-corrected chi connectivity index (χ4v) is 3.45. The first-order valence-electron chi connectivity index (χ1n) is 9.27. The summed E-state index contributed by atoms with van der Waals surface area (Å²) < 4.78 is 11.4. The van der Waals surface area contributed by atoms with Crippen LogP contribution in [-0.4, -0.2) is 40.8 Å². The van der Waals surface area contributed by atoms with Gasteiger partial charge in [-0.3, -0.25) is 0 Å². The van der Waals surface area contributed by atoms with Crippen molar-refractivity contribution in [1.29, 1.82) is 0 Å². The van der Waals surface area contributed by atoms with E-state index < -0.39 is 5.60 Å². The van der Waals surface area contributed by atoms with Crippen molar-refractivity contribution < 1.29 is 13.9 Å². The van der Waals surface area contributed by atoms with Gasteiger partial charge in [0.15, 0.2) is 11.4 Å². The van der Waals surface area contributed by atoms with Crippen LogP contribution in [0.5, 0.6) is 0 Å². The van der Waals surface area contributed by atoms with E-state index in [2.05, 4.69) is 20.2 Å². The van der Waals surface area contributed by atoms with Gasteiger partial charge in [-0.25, -0.2) is 14.8 Å². The maximum absolute atomic E-state index is 12.0. The molecule has 0 radical (unpaired) electrons. The second kappa shape index (κ2) is 6.72. The lowest BCUT2D eigenvalue weighted by molar-refractivity contribution is 0.0497. The number of anilines is 1. The third kappa shape index (κ3) is 3.67. The topological polar surface area (TPSA) is 80.5 Å². The molecule has 27 heavy (non-hydrogen) atoms. The number of carbonyl (C=O) groups excluding carboxylic acids is 1. The lowest BCUT2D eigenvalue weighted by atomic mass is 10.1. The zero-order valence-corrected chi connectivity index (χ0v) is 15.9. The summed E-state index contributed by atoms with van der Waals surface area (Å²) >= 11 is 0. The Bertz CT molecular complexity index is 968. The van der Waals surface area contributed by atoms with Gasteiger partial charge in [0.25, 0.3) is 0 Å². The number of rotatable bonds is 2. The van der Waals surface area contributed by atoms with E-state index in [4.69, 9.17) is 9.15 Å². The van der Waals surface area contributed by atoms with Gasteiger partial charge in [-0.2, -0.15) is 0 Å². The summed E-state index contributed by atoms with van der Waals surface area (Å²) in [6.07, 6.45) is 2.88. The molecule has 1 aliphatic heterocycles. The number of furan rings is 1. The van der Waals surface area contributed by atoms with E-state index in [1.165, 1.54) is 0 Å². The van der Waals surface area contributed by atoms with Crippen LogP contribution >= 0.6 is 0 Å². The Morgan fingerprint density at radius 3 is 2.70 bits per heavy atom. The molecule has 2 aromatic heterocycles. The van der Waals surface area contributed by atoms with Gasteiger partial charge in [0.05, 0.1) is 0 Å². The van der Waals surface area contributed by atoms with E-state index in [9.17, 15) is 4.79 Å². The molecule has 1 aromatic carbocycles. The molecule has 0 saturated carbocycles. The molecule has 1 amide bonds. The van der Waals surface area contributed by atoms with E-state index in [0.29, 0.717) is 0 Å². The predicted octanol–water partition coefficient (Wildman–Crippen LogP) is 3.87. The Balaban J connectivity index is 1.48. The normalized spacial score (nSPS) is 16.0. The molecule has 4 rings (SSSR count). The van der Waals surface area contributed by atoms with Crippen molar-refractivity contribution >= 4 is 34.0 Å². The van der Waals surface area contributed by atoms with Gasteiger partial charge >= 0.3 is 6.09 Å². The third-order valence-electron chi connectivity index (χ3n) is 4.65. The number of hydrogen-bond acceptors (Lipinski definition) is 6. The Labute approximate surface area is 157 Å². The second-order valence-electron chi connectivity index (χ2n) is 7.88. The van der Waals surface area contributed by atoms with E-state index in [0.717, 1.165) is 53.8 Å². The van der Waals surface area contributed by atoms with Crippen molar-refractivity contribution in [2.24, 2.45) is 0 Å². The SMILES string of the molecule is CC(C)(C)OC(=O)NC1CCN(c2ncnc3c2oc2ccccc23)CC1. The molecule has 0 atom stereocenters. The summed E-state index contributed by atoms with van der Waals surface area (Å²) in [5.74, 6) is 0.812. The standard InChI is InChI=1S/C20H24N4O3/c1-20(2,3)27-19(25)23-13-8-10-24(11-9-13)18-17-16(21-12-22-18)14-6-4-5-7-15(14)26-17/h4-7,12-13H,8-11H2,1-3H3,(H,23,25). The molecular formula is C20H24N4O3. The highest BCUT2D eigenvalue weighted by atomic mass is 16.6. The number of nitrogens with zero attached hydrogens (tertiary/aromatic N) is 3. The summed E-state index contributed by atoms with van der Waals surface area (Å²) in [5, 5.41) is 3.96. The number of alkyl carbamates (subject to hydrolysis) is 1. The van der Waals surface area contributed by atoms with Gasteiger partial charge in [-0.1, -0.05) is 12.1 Å². The highest BCUT2D eigenvalue weighted by Crippen LogP contribution is 2.33. The van der Waals surface area contributed by atoms with Crippen LogP contribution in [0.1, 0.15) is 33.6 Å².